The molecule has 2 aliphatic rings. The van der Waals surface area contributed by atoms with Gasteiger partial charge in [-0.25, -0.2) is 0 Å². The molecule has 0 radical (unpaired) electrons. The molecule has 5 nitrogen and oxygen atoms in total. The highest BCUT2D eigenvalue weighted by molar-refractivity contribution is 5.79. The average Bonchev–Trinajstić information content (AvgIpc) is 2.95. The smallest absolute Gasteiger partial charge is 0.305 e. The summed E-state index contributed by atoms with van der Waals surface area (Å²) in [6, 6.07) is -0.137. The number of amides is 1. The first-order valence-electron chi connectivity index (χ1n) is 6.79. The Hall–Kier alpha value is -1.10. The Morgan fingerprint density at radius 2 is 1.89 bits per heavy atom. The Morgan fingerprint density at radius 3 is 2.56 bits per heavy atom. The minimum absolute atomic E-state index is 0.0503. The molecule has 0 aromatic carbocycles. The highest BCUT2D eigenvalue weighted by atomic mass is 16.5. The molecule has 1 aliphatic carbocycles. The van der Waals surface area contributed by atoms with Crippen LogP contribution in [0.15, 0.2) is 0 Å². The number of hydrogen-bond donors (Lipinski definition) is 1. The lowest BCUT2D eigenvalue weighted by Gasteiger charge is -2.24. The van der Waals surface area contributed by atoms with Gasteiger partial charge in [-0.3, -0.25) is 9.59 Å². The fourth-order valence-electron chi connectivity index (χ4n) is 2.90. The first-order valence-corrected chi connectivity index (χ1v) is 6.79. The van der Waals surface area contributed by atoms with E-state index in [1.165, 1.54) is 12.8 Å². The minimum atomic E-state index is -0.837. The molecule has 2 fully saturated rings. The standard InChI is InChI=1S/C13H21NO4/c15-12(9-18-11-5-1-2-6-11)14-7-3-4-10(14)8-13(16)17/h10-11H,1-9H2,(H,16,17)/t10-/m1/s1. The summed E-state index contributed by atoms with van der Waals surface area (Å²) in [5.41, 5.74) is 0. The first kappa shape index (κ1) is 13.3. The highest BCUT2D eigenvalue weighted by Gasteiger charge is 2.30. The van der Waals surface area contributed by atoms with E-state index in [1.807, 2.05) is 0 Å². The largest absolute Gasteiger partial charge is 0.481 e. The summed E-state index contributed by atoms with van der Waals surface area (Å²) < 4.78 is 5.59. The van der Waals surface area contributed by atoms with Crippen LogP contribution in [0, 0.1) is 0 Å². The van der Waals surface area contributed by atoms with E-state index in [0.29, 0.717) is 6.54 Å². The van der Waals surface area contributed by atoms with Gasteiger partial charge in [0, 0.05) is 12.6 Å². The molecular formula is C13H21NO4. The number of rotatable bonds is 5. The quantitative estimate of drug-likeness (QED) is 0.806. The van der Waals surface area contributed by atoms with Crippen molar-refractivity contribution in [3.05, 3.63) is 0 Å². The predicted molar refractivity (Wildman–Crippen MR) is 65.2 cm³/mol. The Kier molecular flexibility index (Phi) is 4.58. The van der Waals surface area contributed by atoms with Crippen LogP contribution in [0.3, 0.4) is 0 Å². The summed E-state index contributed by atoms with van der Waals surface area (Å²) >= 11 is 0. The van der Waals surface area contributed by atoms with Gasteiger partial charge in [0.1, 0.15) is 6.61 Å². The molecule has 0 unspecified atom stereocenters. The van der Waals surface area contributed by atoms with Crippen LogP contribution in [0.25, 0.3) is 0 Å². The Balaban J connectivity index is 1.77. The van der Waals surface area contributed by atoms with Crippen LogP contribution in [-0.4, -0.2) is 47.2 Å². The fraction of sp³-hybridized carbons (Fsp3) is 0.846. The summed E-state index contributed by atoms with van der Waals surface area (Å²) in [6.45, 7) is 0.783. The molecule has 0 aromatic heterocycles. The summed E-state index contributed by atoms with van der Waals surface area (Å²) in [5, 5.41) is 8.81. The van der Waals surface area contributed by atoms with E-state index >= 15 is 0 Å². The van der Waals surface area contributed by atoms with Gasteiger partial charge < -0.3 is 14.7 Å². The molecule has 1 N–H and O–H groups in total. The summed E-state index contributed by atoms with van der Waals surface area (Å²) in [6.07, 6.45) is 6.44. The maximum atomic E-state index is 12.0. The van der Waals surface area contributed by atoms with Crippen LogP contribution >= 0.6 is 0 Å². The molecule has 0 aromatic rings. The van der Waals surface area contributed by atoms with E-state index in [-0.39, 0.29) is 31.1 Å². The number of carbonyl (C=O) groups is 2. The van der Waals surface area contributed by atoms with Gasteiger partial charge in [-0.15, -0.1) is 0 Å². The second-order valence-corrected chi connectivity index (χ2v) is 5.20. The lowest BCUT2D eigenvalue weighted by atomic mass is 10.1. The second-order valence-electron chi connectivity index (χ2n) is 5.20. The van der Waals surface area contributed by atoms with E-state index < -0.39 is 5.97 Å². The zero-order chi connectivity index (χ0) is 13.0. The SMILES string of the molecule is O=C(O)C[C@H]1CCCN1C(=O)COC1CCCC1. The number of aliphatic carboxylic acids is 1. The van der Waals surface area contributed by atoms with Crippen LogP contribution in [0.1, 0.15) is 44.9 Å². The van der Waals surface area contributed by atoms with Gasteiger partial charge in [-0.2, -0.15) is 0 Å². The molecular weight excluding hydrogens is 234 g/mol. The maximum Gasteiger partial charge on any atom is 0.305 e. The molecule has 1 amide bonds. The van der Waals surface area contributed by atoms with E-state index in [4.69, 9.17) is 9.84 Å². The number of likely N-dealkylation sites (tertiary alicyclic amines) is 1. The van der Waals surface area contributed by atoms with Crippen molar-refractivity contribution < 1.29 is 19.4 Å². The third-order valence-electron chi connectivity index (χ3n) is 3.85. The van der Waals surface area contributed by atoms with Crippen molar-refractivity contribution in [2.45, 2.75) is 57.1 Å². The van der Waals surface area contributed by atoms with E-state index in [1.54, 1.807) is 4.90 Å². The number of carboxylic acids is 1. The molecule has 1 aliphatic heterocycles. The van der Waals surface area contributed by atoms with E-state index in [2.05, 4.69) is 0 Å². The lowest BCUT2D eigenvalue weighted by Crippen LogP contribution is -2.39. The minimum Gasteiger partial charge on any atom is -0.481 e. The van der Waals surface area contributed by atoms with Crippen LogP contribution in [-0.2, 0) is 14.3 Å². The van der Waals surface area contributed by atoms with Crippen LogP contribution in [0.4, 0.5) is 0 Å². The zero-order valence-corrected chi connectivity index (χ0v) is 10.6. The van der Waals surface area contributed by atoms with Crippen molar-refractivity contribution in [3.63, 3.8) is 0 Å². The van der Waals surface area contributed by atoms with Gasteiger partial charge >= 0.3 is 5.97 Å². The third kappa shape index (κ3) is 3.45. The molecule has 5 heteroatoms. The third-order valence-corrected chi connectivity index (χ3v) is 3.85. The highest BCUT2D eigenvalue weighted by Crippen LogP contribution is 2.23. The topological polar surface area (TPSA) is 66.8 Å². The Morgan fingerprint density at radius 1 is 1.17 bits per heavy atom. The zero-order valence-electron chi connectivity index (χ0n) is 10.6. The Bertz CT molecular complexity index is 312. The fourth-order valence-corrected chi connectivity index (χ4v) is 2.90. The van der Waals surface area contributed by atoms with Crippen LogP contribution in [0.5, 0.6) is 0 Å². The van der Waals surface area contributed by atoms with Crippen molar-refractivity contribution in [1.29, 1.82) is 0 Å². The second kappa shape index (κ2) is 6.18. The van der Waals surface area contributed by atoms with Crippen molar-refractivity contribution in [2.75, 3.05) is 13.2 Å². The van der Waals surface area contributed by atoms with Gasteiger partial charge in [-0.05, 0) is 25.7 Å². The summed E-state index contributed by atoms with van der Waals surface area (Å²) in [4.78, 5) is 24.4. The number of nitrogens with zero attached hydrogens (tertiary/aromatic N) is 1. The van der Waals surface area contributed by atoms with Crippen LogP contribution < -0.4 is 0 Å². The molecule has 1 atom stereocenters. The lowest BCUT2D eigenvalue weighted by molar-refractivity contribution is -0.142. The molecule has 0 bridgehead atoms. The van der Waals surface area contributed by atoms with Gasteiger partial charge in [0.25, 0.3) is 0 Å². The summed E-state index contributed by atoms with van der Waals surface area (Å²) in [5.74, 6) is -0.887. The van der Waals surface area contributed by atoms with Gasteiger partial charge in [0.2, 0.25) is 5.91 Å². The predicted octanol–water partition coefficient (Wildman–Crippen LogP) is 1.41. The van der Waals surface area contributed by atoms with Crippen LogP contribution in [0.2, 0.25) is 0 Å². The van der Waals surface area contributed by atoms with Crippen molar-refractivity contribution in [3.8, 4) is 0 Å². The molecule has 2 rings (SSSR count). The number of ether oxygens (including phenoxy) is 1. The number of hydrogen-bond acceptors (Lipinski definition) is 3. The summed E-state index contributed by atoms with van der Waals surface area (Å²) in [7, 11) is 0. The van der Waals surface area contributed by atoms with Crippen molar-refractivity contribution in [1.82, 2.24) is 4.90 Å². The number of carbonyl (C=O) groups excluding carboxylic acids is 1. The van der Waals surface area contributed by atoms with Gasteiger partial charge in [0.15, 0.2) is 0 Å². The first-order chi connectivity index (χ1) is 8.66. The monoisotopic (exact) mass is 255 g/mol. The molecule has 18 heavy (non-hydrogen) atoms. The van der Waals surface area contributed by atoms with E-state index in [0.717, 1.165) is 25.7 Å². The average molecular weight is 255 g/mol. The molecule has 102 valence electrons. The van der Waals surface area contributed by atoms with Gasteiger partial charge in [0.05, 0.1) is 12.5 Å². The maximum absolute atomic E-state index is 12.0. The van der Waals surface area contributed by atoms with Gasteiger partial charge in [-0.1, -0.05) is 12.8 Å². The normalized spacial score (nSPS) is 24.7. The van der Waals surface area contributed by atoms with Crippen molar-refractivity contribution in [2.24, 2.45) is 0 Å². The Labute approximate surface area is 107 Å². The molecule has 1 saturated carbocycles. The molecule has 1 saturated heterocycles. The molecule has 0 spiro atoms. The van der Waals surface area contributed by atoms with E-state index in [9.17, 15) is 9.59 Å². The molecule has 1 heterocycles. The number of carboxylic acid groups (broad SMARTS) is 1. The van der Waals surface area contributed by atoms with Crippen molar-refractivity contribution >= 4 is 11.9 Å².